The Hall–Kier alpha value is -1.16. The highest BCUT2D eigenvalue weighted by atomic mass is 31.2. The van der Waals surface area contributed by atoms with Crippen molar-refractivity contribution in [3.63, 3.8) is 0 Å². The van der Waals surface area contributed by atoms with Crippen LogP contribution in [0.4, 0.5) is 0 Å². The maximum atomic E-state index is 13.5. The van der Waals surface area contributed by atoms with Crippen LogP contribution in [0.1, 0.15) is 72.1 Å². The Morgan fingerprint density at radius 3 is 1.96 bits per heavy atom. The second-order valence-corrected chi connectivity index (χ2v) is 10.6. The van der Waals surface area contributed by atoms with Crippen LogP contribution < -0.4 is 0 Å². The van der Waals surface area contributed by atoms with Crippen LogP contribution in [0.5, 0.6) is 0 Å². The molecule has 1 aliphatic rings. The van der Waals surface area contributed by atoms with Gasteiger partial charge in [0.1, 0.15) is 11.8 Å². The van der Waals surface area contributed by atoms with Crippen LogP contribution in [0.2, 0.25) is 0 Å². The van der Waals surface area contributed by atoms with E-state index in [9.17, 15) is 9.36 Å². The van der Waals surface area contributed by atoms with Gasteiger partial charge in [-0.3, -0.25) is 9.36 Å². The van der Waals surface area contributed by atoms with E-state index in [1.54, 1.807) is 27.7 Å². The van der Waals surface area contributed by atoms with E-state index < -0.39 is 19.4 Å². The van der Waals surface area contributed by atoms with Gasteiger partial charge in [0.15, 0.2) is 0 Å². The van der Waals surface area contributed by atoms with Gasteiger partial charge in [-0.2, -0.15) is 0 Å². The average Bonchev–Trinajstić information content (AvgIpc) is 2.87. The third-order valence-corrected chi connectivity index (χ3v) is 6.91. The number of esters is 1. The van der Waals surface area contributed by atoms with Crippen molar-refractivity contribution >= 4 is 13.6 Å². The molecular weight excluding hydrogens is 351 g/mol. The average molecular weight is 382 g/mol. The molecule has 0 saturated carbocycles. The first-order chi connectivity index (χ1) is 11.9. The van der Waals surface area contributed by atoms with Crippen molar-refractivity contribution in [3.05, 3.63) is 35.4 Å². The van der Waals surface area contributed by atoms with E-state index in [1.807, 2.05) is 24.3 Å². The zero-order valence-electron chi connectivity index (χ0n) is 16.8. The van der Waals surface area contributed by atoms with Crippen molar-refractivity contribution in [2.45, 2.75) is 84.3 Å². The van der Waals surface area contributed by atoms with E-state index in [4.69, 9.17) is 13.8 Å². The van der Waals surface area contributed by atoms with Gasteiger partial charge < -0.3 is 13.8 Å². The molecule has 1 aromatic carbocycles. The molecule has 5 nitrogen and oxygen atoms in total. The number of ether oxygens (including phenoxy) is 1. The molecule has 0 aromatic heterocycles. The fourth-order valence-electron chi connectivity index (χ4n) is 3.06. The molecule has 0 radical (unpaired) electrons. The minimum absolute atomic E-state index is 0.0289. The van der Waals surface area contributed by atoms with Gasteiger partial charge >= 0.3 is 13.6 Å². The second kappa shape index (κ2) is 7.84. The third-order valence-electron chi connectivity index (χ3n) is 4.21. The van der Waals surface area contributed by atoms with Gasteiger partial charge in [-0.1, -0.05) is 45.0 Å². The van der Waals surface area contributed by atoms with Crippen LogP contribution in [0.25, 0.3) is 0 Å². The largest absolute Gasteiger partial charge is 0.456 e. The number of benzene rings is 1. The number of cyclic esters (lactones) is 1. The topological polar surface area (TPSA) is 61.8 Å². The molecule has 146 valence electrons. The lowest BCUT2D eigenvalue weighted by atomic mass is 9.86. The normalized spacial score (nSPS) is 21.5. The van der Waals surface area contributed by atoms with Crippen molar-refractivity contribution in [1.82, 2.24) is 0 Å². The Morgan fingerprint density at radius 2 is 1.54 bits per heavy atom. The minimum Gasteiger partial charge on any atom is -0.456 e. The molecule has 2 atom stereocenters. The Kier molecular flexibility index (Phi) is 6.37. The molecule has 1 heterocycles. The summed E-state index contributed by atoms with van der Waals surface area (Å²) in [6, 6.07) is 7.92. The number of hydrogen-bond donors (Lipinski definition) is 0. The van der Waals surface area contributed by atoms with Gasteiger partial charge in [-0.25, -0.2) is 0 Å². The molecule has 0 amide bonds. The number of hydrogen-bond acceptors (Lipinski definition) is 5. The Labute approximate surface area is 156 Å². The van der Waals surface area contributed by atoms with Gasteiger partial charge in [0.25, 0.3) is 0 Å². The van der Waals surface area contributed by atoms with Crippen molar-refractivity contribution in [1.29, 1.82) is 0 Å². The zero-order valence-corrected chi connectivity index (χ0v) is 17.7. The van der Waals surface area contributed by atoms with Gasteiger partial charge in [0, 0.05) is 0 Å². The quantitative estimate of drug-likeness (QED) is 0.488. The van der Waals surface area contributed by atoms with Gasteiger partial charge in [-0.15, -0.1) is 0 Å². The van der Waals surface area contributed by atoms with Crippen LogP contribution in [0, 0.1) is 0 Å². The maximum absolute atomic E-state index is 13.5. The second-order valence-electron chi connectivity index (χ2n) is 8.40. The Bertz CT molecular complexity index is 658. The first-order valence-electron chi connectivity index (χ1n) is 9.19. The smallest absolute Gasteiger partial charge is 0.338 e. The van der Waals surface area contributed by atoms with Gasteiger partial charge in [0.2, 0.25) is 0 Å². The molecule has 6 heteroatoms. The maximum Gasteiger partial charge on any atom is 0.338 e. The van der Waals surface area contributed by atoms with E-state index in [2.05, 4.69) is 20.8 Å². The number of carbonyl (C=O) groups is 1. The summed E-state index contributed by atoms with van der Waals surface area (Å²) in [5, 5.41) is 0. The first kappa shape index (κ1) is 21.1. The van der Waals surface area contributed by atoms with Crippen molar-refractivity contribution in [2.24, 2.45) is 0 Å². The molecule has 1 aliphatic heterocycles. The van der Waals surface area contributed by atoms with E-state index in [1.165, 1.54) is 5.56 Å². The summed E-state index contributed by atoms with van der Waals surface area (Å²) in [6.45, 7) is 13.6. The van der Waals surface area contributed by atoms with Crippen LogP contribution in [0.15, 0.2) is 24.3 Å². The summed E-state index contributed by atoms with van der Waals surface area (Å²) in [4.78, 5) is 12.0. The summed E-state index contributed by atoms with van der Waals surface area (Å²) in [7, 11) is -3.53. The summed E-state index contributed by atoms with van der Waals surface area (Å²) >= 11 is 0. The van der Waals surface area contributed by atoms with Crippen LogP contribution in [0.3, 0.4) is 0 Å². The van der Waals surface area contributed by atoms with Crippen LogP contribution in [-0.2, 0) is 28.6 Å². The number of carbonyl (C=O) groups excluding carboxylic acids is 1. The van der Waals surface area contributed by atoms with E-state index in [-0.39, 0.29) is 30.0 Å². The van der Waals surface area contributed by atoms with E-state index in [0.717, 1.165) is 5.56 Å². The highest BCUT2D eigenvalue weighted by Gasteiger charge is 2.50. The van der Waals surface area contributed by atoms with Gasteiger partial charge in [0.05, 0.1) is 18.6 Å². The first-order valence-corrected chi connectivity index (χ1v) is 10.8. The minimum atomic E-state index is -3.53. The summed E-state index contributed by atoms with van der Waals surface area (Å²) in [5.41, 5.74) is 1.39. The molecule has 1 saturated heterocycles. The SMILES string of the molecule is CC(C)OP(=O)(OC(C)C)[C@@H]1CC(=O)O[C@H]1c1ccc(C(C)(C)C)cc1. The molecule has 0 spiro atoms. The van der Waals surface area contributed by atoms with E-state index in [0.29, 0.717) is 0 Å². The molecule has 26 heavy (non-hydrogen) atoms. The molecule has 0 aliphatic carbocycles. The van der Waals surface area contributed by atoms with Crippen LogP contribution in [-0.4, -0.2) is 23.8 Å². The lowest BCUT2D eigenvalue weighted by Gasteiger charge is -2.29. The van der Waals surface area contributed by atoms with Crippen molar-refractivity contribution in [3.8, 4) is 0 Å². The predicted molar refractivity (Wildman–Crippen MR) is 102 cm³/mol. The monoisotopic (exact) mass is 382 g/mol. The molecule has 2 rings (SSSR count). The van der Waals surface area contributed by atoms with Crippen molar-refractivity contribution in [2.75, 3.05) is 0 Å². The summed E-state index contributed by atoms with van der Waals surface area (Å²) in [5.74, 6) is -0.375. The highest BCUT2D eigenvalue weighted by molar-refractivity contribution is 7.54. The van der Waals surface area contributed by atoms with Crippen LogP contribution >= 0.6 is 7.60 Å². The summed E-state index contributed by atoms with van der Waals surface area (Å²) in [6.07, 6.45) is -1.15. The Morgan fingerprint density at radius 1 is 1.04 bits per heavy atom. The standard InChI is InChI=1S/C20H31O5P/c1-13(2)24-26(22,25-14(3)4)17-12-18(21)23-19(17)15-8-10-16(11-9-15)20(5,6)7/h8-11,13-14,17,19H,12H2,1-7H3/t17-,19+/m1/s1. The summed E-state index contributed by atoms with van der Waals surface area (Å²) < 4.78 is 30.5. The van der Waals surface area contributed by atoms with Gasteiger partial charge in [-0.05, 0) is 44.2 Å². The zero-order chi connectivity index (χ0) is 19.7. The molecular formula is C20H31O5P. The lowest BCUT2D eigenvalue weighted by molar-refractivity contribution is -0.141. The highest BCUT2D eigenvalue weighted by Crippen LogP contribution is 2.62. The molecule has 0 unspecified atom stereocenters. The molecule has 0 bridgehead atoms. The molecule has 1 aromatic rings. The van der Waals surface area contributed by atoms with E-state index >= 15 is 0 Å². The fraction of sp³-hybridized carbons (Fsp3) is 0.650. The predicted octanol–water partition coefficient (Wildman–Crippen LogP) is 5.38. The molecule has 0 N–H and O–H groups in total. The lowest BCUT2D eigenvalue weighted by Crippen LogP contribution is -2.21. The fourth-order valence-corrected chi connectivity index (χ4v) is 5.53. The number of rotatable bonds is 6. The molecule has 1 fully saturated rings. The Balaban J connectivity index is 2.37. The third kappa shape index (κ3) is 4.97. The van der Waals surface area contributed by atoms with Crippen molar-refractivity contribution < 1.29 is 23.1 Å².